The molecule has 1 aromatic heterocycles. The van der Waals surface area contributed by atoms with Crippen molar-refractivity contribution in [1.82, 2.24) is 10.3 Å². The molecule has 0 fully saturated rings. The van der Waals surface area contributed by atoms with E-state index in [0.29, 0.717) is 22.4 Å². The van der Waals surface area contributed by atoms with Gasteiger partial charge in [-0.15, -0.1) is 0 Å². The predicted octanol–water partition coefficient (Wildman–Crippen LogP) is 6.46. The van der Waals surface area contributed by atoms with Gasteiger partial charge in [0.2, 0.25) is 11.8 Å². The molecule has 3 aromatic carbocycles. The molecule has 1 heterocycles. The molecule has 0 saturated heterocycles. The van der Waals surface area contributed by atoms with Crippen LogP contribution >= 0.6 is 11.6 Å². The van der Waals surface area contributed by atoms with E-state index in [-0.39, 0.29) is 22.9 Å². The van der Waals surface area contributed by atoms with Gasteiger partial charge in [0.1, 0.15) is 23.9 Å². The number of likely N-dealkylation sites (N-methyl/N-ethyl adjacent to an activating group) is 1. The number of nitriles is 1. The zero-order chi connectivity index (χ0) is 30.4. The van der Waals surface area contributed by atoms with Crippen LogP contribution in [0.2, 0.25) is 5.02 Å². The minimum atomic E-state index is -4.46. The molecule has 0 aliphatic heterocycles. The standard InChI is InChI=1S/C31H24ClF3N4O3/c1-19-6-10-21-4-3-5-27(30(21)38-19)42-18-24-23(16-36)26(14-13-25(24)32)39(2)29(41)17-37-28(40)15-9-20-7-11-22(12-8-20)31(33,34)35/h3-15H,17-18H2,1-2H3,(H,37,40)/b15-9+. The molecule has 0 saturated carbocycles. The summed E-state index contributed by atoms with van der Waals surface area (Å²) >= 11 is 6.42. The summed E-state index contributed by atoms with van der Waals surface area (Å²) in [4.78, 5) is 30.9. The van der Waals surface area contributed by atoms with Crippen LogP contribution in [0.1, 0.15) is 27.9 Å². The molecule has 0 atom stereocenters. The zero-order valence-corrected chi connectivity index (χ0v) is 23.3. The number of aryl methyl sites for hydroxylation is 1. The van der Waals surface area contributed by atoms with E-state index in [4.69, 9.17) is 16.3 Å². The van der Waals surface area contributed by atoms with E-state index in [1.165, 1.54) is 36.2 Å². The van der Waals surface area contributed by atoms with E-state index in [1.54, 1.807) is 12.1 Å². The van der Waals surface area contributed by atoms with Gasteiger partial charge in [0.25, 0.3) is 0 Å². The number of ether oxygens (including phenoxy) is 1. The molecule has 1 N–H and O–H groups in total. The second-order valence-corrected chi connectivity index (χ2v) is 9.63. The molecule has 0 aliphatic rings. The number of amides is 2. The van der Waals surface area contributed by atoms with Gasteiger partial charge in [-0.05, 0) is 55.0 Å². The van der Waals surface area contributed by atoms with Crippen molar-refractivity contribution < 1.29 is 27.5 Å². The first-order valence-electron chi connectivity index (χ1n) is 12.6. The molecule has 4 rings (SSSR count). The normalized spacial score (nSPS) is 11.4. The number of hydrogen-bond acceptors (Lipinski definition) is 5. The third-order valence-corrected chi connectivity index (χ3v) is 6.71. The SMILES string of the molecule is Cc1ccc2cccc(OCc3c(Cl)ccc(N(C)C(=O)CNC(=O)/C=C/c4ccc(C(F)(F)F)cc4)c3C#N)c2n1. The molecular formula is C31H24ClF3N4O3. The van der Waals surface area contributed by atoms with Crippen molar-refractivity contribution in [3.8, 4) is 11.8 Å². The van der Waals surface area contributed by atoms with E-state index in [0.717, 1.165) is 29.3 Å². The Hall–Kier alpha value is -4.88. The van der Waals surface area contributed by atoms with Gasteiger partial charge < -0.3 is 15.0 Å². The Morgan fingerprint density at radius 1 is 1.10 bits per heavy atom. The average molecular weight is 593 g/mol. The van der Waals surface area contributed by atoms with Crippen molar-refractivity contribution in [2.45, 2.75) is 19.7 Å². The first kappa shape index (κ1) is 30.1. The number of alkyl halides is 3. The molecule has 0 aliphatic carbocycles. The number of benzene rings is 3. The lowest BCUT2D eigenvalue weighted by atomic mass is 10.1. The average Bonchev–Trinajstić information content (AvgIpc) is 2.97. The molecule has 4 aromatic rings. The second-order valence-electron chi connectivity index (χ2n) is 9.22. The highest BCUT2D eigenvalue weighted by atomic mass is 35.5. The fourth-order valence-electron chi connectivity index (χ4n) is 4.07. The largest absolute Gasteiger partial charge is 0.487 e. The molecule has 0 spiro atoms. The quantitative estimate of drug-likeness (QED) is 0.237. The lowest BCUT2D eigenvalue weighted by molar-refractivity contribution is -0.137. The van der Waals surface area contributed by atoms with Gasteiger partial charge in [0, 0.05) is 34.8 Å². The van der Waals surface area contributed by atoms with Crippen molar-refractivity contribution in [1.29, 1.82) is 5.26 Å². The highest BCUT2D eigenvalue weighted by Crippen LogP contribution is 2.32. The summed E-state index contributed by atoms with van der Waals surface area (Å²) in [7, 11) is 1.46. The number of rotatable bonds is 8. The smallest absolute Gasteiger partial charge is 0.416 e. The fourth-order valence-corrected chi connectivity index (χ4v) is 4.28. The number of nitrogens with one attached hydrogen (secondary N) is 1. The Morgan fingerprint density at radius 3 is 2.52 bits per heavy atom. The Kier molecular flexibility index (Phi) is 9.13. The number of carbonyl (C=O) groups excluding carboxylic acids is 2. The zero-order valence-electron chi connectivity index (χ0n) is 22.5. The van der Waals surface area contributed by atoms with E-state index in [2.05, 4.69) is 16.4 Å². The Labute approximate surface area is 244 Å². The molecule has 214 valence electrons. The van der Waals surface area contributed by atoms with Gasteiger partial charge in [-0.2, -0.15) is 18.4 Å². The maximum atomic E-state index is 12.9. The number of aromatic nitrogens is 1. The molecule has 11 heteroatoms. The number of halogens is 4. The van der Waals surface area contributed by atoms with Crippen LogP contribution in [-0.4, -0.2) is 30.4 Å². The Bertz CT molecular complexity index is 1710. The van der Waals surface area contributed by atoms with Gasteiger partial charge in [-0.25, -0.2) is 4.98 Å². The molecule has 0 bridgehead atoms. The number of para-hydroxylation sites is 1. The van der Waals surface area contributed by atoms with Crippen molar-refractivity contribution in [3.05, 3.63) is 106 Å². The van der Waals surface area contributed by atoms with Crippen LogP contribution in [0.25, 0.3) is 17.0 Å². The number of carbonyl (C=O) groups is 2. The predicted molar refractivity (Wildman–Crippen MR) is 154 cm³/mol. The second kappa shape index (κ2) is 12.7. The van der Waals surface area contributed by atoms with Crippen LogP contribution in [0, 0.1) is 18.3 Å². The fraction of sp³-hybridized carbons (Fsp3) is 0.161. The van der Waals surface area contributed by atoms with E-state index < -0.39 is 30.1 Å². The summed E-state index contributed by atoms with van der Waals surface area (Å²) in [5.74, 6) is -0.634. The third kappa shape index (κ3) is 7.06. The summed E-state index contributed by atoms with van der Waals surface area (Å²) in [5, 5.41) is 13.6. The molecule has 2 amide bonds. The first-order valence-corrected chi connectivity index (χ1v) is 13.0. The van der Waals surface area contributed by atoms with Crippen molar-refractivity contribution in [3.63, 3.8) is 0 Å². The van der Waals surface area contributed by atoms with Gasteiger partial charge in [0.15, 0.2) is 0 Å². The maximum absolute atomic E-state index is 12.9. The van der Waals surface area contributed by atoms with Crippen LogP contribution < -0.4 is 15.0 Å². The number of hydrogen-bond donors (Lipinski definition) is 1. The third-order valence-electron chi connectivity index (χ3n) is 6.35. The number of anilines is 1. The van der Waals surface area contributed by atoms with Crippen LogP contribution in [0.15, 0.2) is 72.8 Å². The first-order chi connectivity index (χ1) is 20.0. The minimum absolute atomic E-state index is 0.0577. The number of nitrogens with zero attached hydrogens (tertiary/aromatic N) is 3. The maximum Gasteiger partial charge on any atom is 0.416 e. The Morgan fingerprint density at radius 2 is 1.83 bits per heavy atom. The minimum Gasteiger partial charge on any atom is -0.487 e. The number of fused-ring (bicyclic) bond motifs is 1. The molecular weight excluding hydrogens is 569 g/mol. The van der Waals surface area contributed by atoms with E-state index >= 15 is 0 Å². The number of pyridine rings is 1. The van der Waals surface area contributed by atoms with Gasteiger partial charge in [-0.1, -0.05) is 41.9 Å². The van der Waals surface area contributed by atoms with Gasteiger partial charge >= 0.3 is 6.18 Å². The molecule has 0 unspecified atom stereocenters. The summed E-state index contributed by atoms with van der Waals surface area (Å²) in [6, 6.07) is 18.8. The van der Waals surface area contributed by atoms with Crippen molar-refractivity contribution >= 4 is 46.1 Å². The summed E-state index contributed by atoms with van der Waals surface area (Å²) < 4.78 is 44.1. The molecule has 42 heavy (non-hydrogen) atoms. The summed E-state index contributed by atoms with van der Waals surface area (Å²) in [6.07, 6.45) is -2.02. The highest BCUT2D eigenvalue weighted by molar-refractivity contribution is 6.31. The highest BCUT2D eigenvalue weighted by Gasteiger charge is 2.29. The van der Waals surface area contributed by atoms with Crippen molar-refractivity contribution in [2.75, 3.05) is 18.5 Å². The van der Waals surface area contributed by atoms with Crippen LogP contribution in [0.5, 0.6) is 5.75 Å². The van der Waals surface area contributed by atoms with Crippen molar-refractivity contribution in [2.24, 2.45) is 0 Å². The van der Waals surface area contributed by atoms with Gasteiger partial charge in [-0.3, -0.25) is 9.59 Å². The molecule has 0 radical (unpaired) electrons. The molecule has 7 nitrogen and oxygen atoms in total. The Balaban J connectivity index is 1.43. The van der Waals surface area contributed by atoms with E-state index in [1.807, 2.05) is 31.2 Å². The van der Waals surface area contributed by atoms with Crippen LogP contribution in [0.4, 0.5) is 18.9 Å². The van der Waals surface area contributed by atoms with Gasteiger partial charge in [0.05, 0.1) is 23.4 Å². The van der Waals surface area contributed by atoms with E-state index in [9.17, 15) is 28.0 Å². The lowest BCUT2D eigenvalue weighted by Gasteiger charge is -2.21. The topological polar surface area (TPSA) is 95.3 Å². The summed E-state index contributed by atoms with van der Waals surface area (Å²) in [6.45, 7) is 1.42. The van der Waals surface area contributed by atoms with Crippen LogP contribution in [0.3, 0.4) is 0 Å². The summed E-state index contributed by atoms with van der Waals surface area (Å²) in [5.41, 5.74) is 1.85. The lowest BCUT2D eigenvalue weighted by Crippen LogP contribution is -2.38. The van der Waals surface area contributed by atoms with Crippen LogP contribution in [-0.2, 0) is 22.4 Å². The monoisotopic (exact) mass is 592 g/mol.